The quantitative estimate of drug-likeness (QED) is 0.700. The number of nitrogens with two attached hydrogens (primary N) is 1. The van der Waals surface area contributed by atoms with Crippen molar-refractivity contribution >= 4 is 17.7 Å². The van der Waals surface area contributed by atoms with E-state index in [0.717, 1.165) is 12.2 Å². The number of nitrogens with zero attached hydrogens (tertiary/aromatic N) is 1. The number of carbonyl (C=O) groups excluding carboxylic acids is 1. The molecule has 0 radical (unpaired) electrons. The van der Waals surface area contributed by atoms with E-state index in [0.29, 0.717) is 19.0 Å². The van der Waals surface area contributed by atoms with E-state index in [1.165, 1.54) is 0 Å². The van der Waals surface area contributed by atoms with Crippen LogP contribution in [0.4, 0.5) is 0 Å². The Labute approximate surface area is 85.0 Å². The molecule has 0 bridgehead atoms. The molecule has 0 aromatic rings. The Morgan fingerprint density at radius 3 is 2.69 bits per heavy atom. The van der Waals surface area contributed by atoms with Crippen LogP contribution in [0.1, 0.15) is 19.8 Å². The van der Waals surface area contributed by atoms with Crippen LogP contribution in [-0.2, 0) is 4.79 Å². The predicted octanol–water partition coefficient (Wildman–Crippen LogP) is 0.935. The maximum atomic E-state index is 11.4. The molecule has 1 amide bonds. The minimum absolute atomic E-state index is 0.149. The molecule has 0 saturated carbocycles. The summed E-state index contributed by atoms with van der Waals surface area (Å²) in [6.07, 6.45) is 3.59. The third-order valence-corrected chi connectivity index (χ3v) is 2.80. The molecular weight excluding hydrogens is 184 g/mol. The first kappa shape index (κ1) is 12.8. The van der Waals surface area contributed by atoms with Gasteiger partial charge in [0, 0.05) is 26.1 Å². The fourth-order valence-electron chi connectivity index (χ4n) is 1.03. The van der Waals surface area contributed by atoms with Gasteiger partial charge in [-0.15, -0.1) is 0 Å². The summed E-state index contributed by atoms with van der Waals surface area (Å²) in [5.74, 6) is 1.25. The second kappa shape index (κ2) is 7.21. The molecule has 78 valence electrons. The smallest absolute Gasteiger partial charge is 0.223 e. The molecule has 0 rings (SSSR count). The lowest BCUT2D eigenvalue weighted by Gasteiger charge is -2.24. The fourth-order valence-corrected chi connectivity index (χ4v) is 1.60. The van der Waals surface area contributed by atoms with E-state index >= 15 is 0 Å². The molecule has 0 aliphatic rings. The molecule has 0 unspecified atom stereocenters. The van der Waals surface area contributed by atoms with E-state index in [2.05, 4.69) is 13.2 Å². The lowest BCUT2D eigenvalue weighted by atomic mass is 10.2. The van der Waals surface area contributed by atoms with Crippen molar-refractivity contribution in [1.82, 2.24) is 4.90 Å². The number of thioether (sulfide) groups is 1. The Kier molecular flexibility index (Phi) is 7.09. The Hall–Kier alpha value is -0.220. The third-order valence-electron chi connectivity index (χ3n) is 2.15. The minimum atomic E-state index is 0.149. The van der Waals surface area contributed by atoms with E-state index in [1.54, 1.807) is 4.90 Å². The van der Waals surface area contributed by atoms with Crippen LogP contribution in [0.5, 0.6) is 0 Å². The van der Waals surface area contributed by atoms with Crippen molar-refractivity contribution in [2.24, 2.45) is 5.73 Å². The van der Waals surface area contributed by atoms with Crippen LogP contribution >= 0.6 is 11.8 Å². The molecule has 3 nitrogen and oxygen atoms in total. The zero-order valence-electron chi connectivity index (χ0n) is 8.75. The Morgan fingerprint density at radius 1 is 1.62 bits per heavy atom. The highest BCUT2D eigenvalue weighted by molar-refractivity contribution is 7.98. The molecule has 13 heavy (non-hydrogen) atoms. The lowest BCUT2D eigenvalue weighted by molar-refractivity contribution is -0.131. The second-order valence-corrected chi connectivity index (χ2v) is 4.16. The average molecular weight is 204 g/mol. The van der Waals surface area contributed by atoms with Gasteiger partial charge in [0.1, 0.15) is 0 Å². The van der Waals surface area contributed by atoms with Gasteiger partial charge in [0.2, 0.25) is 5.91 Å². The molecular formula is C9H20N2OS. The standard InChI is InChI=1S/C9H20N2OS/c1-8(5-7-13-3)11(2)9(12)4-6-10/h8H,4-7,10H2,1-3H3/t8-/m0/s1. The normalized spacial score (nSPS) is 12.6. The topological polar surface area (TPSA) is 46.3 Å². The Bertz CT molecular complexity index is 153. The summed E-state index contributed by atoms with van der Waals surface area (Å²) >= 11 is 1.81. The predicted molar refractivity (Wildman–Crippen MR) is 58.9 cm³/mol. The second-order valence-electron chi connectivity index (χ2n) is 3.17. The maximum Gasteiger partial charge on any atom is 0.223 e. The van der Waals surface area contributed by atoms with E-state index in [1.807, 2.05) is 18.8 Å². The van der Waals surface area contributed by atoms with Gasteiger partial charge in [0.15, 0.2) is 0 Å². The van der Waals surface area contributed by atoms with E-state index < -0.39 is 0 Å². The van der Waals surface area contributed by atoms with Crippen molar-refractivity contribution in [3.63, 3.8) is 0 Å². The van der Waals surface area contributed by atoms with Crippen LogP contribution in [0.15, 0.2) is 0 Å². The summed E-state index contributed by atoms with van der Waals surface area (Å²) in [6, 6.07) is 0.325. The van der Waals surface area contributed by atoms with Gasteiger partial charge in [-0.3, -0.25) is 4.79 Å². The molecule has 2 N–H and O–H groups in total. The SMILES string of the molecule is CSCC[C@H](C)N(C)C(=O)CCN. The third kappa shape index (κ3) is 5.16. The van der Waals surface area contributed by atoms with Gasteiger partial charge in [-0.2, -0.15) is 11.8 Å². The van der Waals surface area contributed by atoms with E-state index in [-0.39, 0.29) is 5.91 Å². The fraction of sp³-hybridized carbons (Fsp3) is 0.889. The highest BCUT2D eigenvalue weighted by Gasteiger charge is 2.13. The summed E-state index contributed by atoms with van der Waals surface area (Å²) in [5.41, 5.74) is 5.32. The van der Waals surface area contributed by atoms with Crippen molar-refractivity contribution in [2.75, 3.05) is 25.6 Å². The summed E-state index contributed by atoms with van der Waals surface area (Å²) in [5, 5.41) is 0. The van der Waals surface area contributed by atoms with Gasteiger partial charge in [-0.05, 0) is 25.4 Å². The monoisotopic (exact) mass is 204 g/mol. The average Bonchev–Trinajstić information content (AvgIpc) is 2.13. The van der Waals surface area contributed by atoms with Gasteiger partial charge in [0.05, 0.1) is 0 Å². The summed E-state index contributed by atoms with van der Waals surface area (Å²) < 4.78 is 0. The maximum absolute atomic E-state index is 11.4. The van der Waals surface area contributed by atoms with Crippen molar-refractivity contribution in [3.05, 3.63) is 0 Å². The van der Waals surface area contributed by atoms with Crippen LogP contribution in [0.2, 0.25) is 0 Å². The number of amides is 1. The van der Waals surface area contributed by atoms with Crippen molar-refractivity contribution in [2.45, 2.75) is 25.8 Å². The molecule has 0 heterocycles. The van der Waals surface area contributed by atoms with Crippen LogP contribution in [0.3, 0.4) is 0 Å². The highest BCUT2D eigenvalue weighted by Crippen LogP contribution is 2.06. The molecule has 0 aromatic heterocycles. The lowest BCUT2D eigenvalue weighted by Crippen LogP contribution is -2.36. The molecule has 0 fully saturated rings. The van der Waals surface area contributed by atoms with Crippen LogP contribution in [0.25, 0.3) is 0 Å². The first-order valence-electron chi connectivity index (χ1n) is 4.58. The molecule has 4 heteroatoms. The summed E-state index contributed by atoms with van der Waals surface area (Å²) in [4.78, 5) is 13.2. The molecule has 0 spiro atoms. The minimum Gasteiger partial charge on any atom is -0.343 e. The van der Waals surface area contributed by atoms with Crippen molar-refractivity contribution < 1.29 is 4.79 Å². The molecule has 1 atom stereocenters. The molecule has 0 aliphatic carbocycles. The van der Waals surface area contributed by atoms with E-state index in [9.17, 15) is 4.79 Å². The molecule has 0 saturated heterocycles. The number of carbonyl (C=O) groups is 1. The van der Waals surface area contributed by atoms with Crippen molar-refractivity contribution in [1.29, 1.82) is 0 Å². The zero-order valence-corrected chi connectivity index (χ0v) is 9.56. The van der Waals surface area contributed by atoms with Gasteiger partial charge >= 0.3 is 0 Å². The number of hydrogen-bond acceptors (Lipinski definition) is 3. The summed E-state index contributed by atoms with van der Waals surface area (Å²) in [7, 11) is 1.85. The van der Waals surface area contributed by atoms with Crippen LogP contribution < -0.4 is 5.73 Å². The van der Waals surface area contributed by atoms with Crippen LogP contribution in [0, 0.1) is 0 Å². The van der Waals surface area contributed by atoms with Gasteiger partial charge in [-0.1, -0.05) is 0 Å². The molecule has 0 aromatic carbocycles. The number of rotatable bonds is 6. The van der Waals surface area contributed by atoms with Crippen molar-refractivity contribution in [3.8, 4) is 0 Å². The number of hydrogen-bond donors (Lipinski definition) is 1. The van der Waals surface area contributed by atoms with Gasteiger partial charge in [0.25, 0.3) is 0 Å². The first-order chi connectivity index (χ1) is 6.13. The van der Waals surface area contributed by atoms with E-state index in [4.69, 9.17) is 5.73 Å². The van der Waals surface area contributed by atoms with Crippen LogP contribution in [-0.4, -0.2) is 42.4 Å². The zero-order chi connectivity index (χ0) is 10.3. The largest absolute Gasteiger partial charge is 0.343 e. The van der Waals surface area contributed by atoms with Gasteiger partial charge in [-0.25, -0.2) is 0 Å². The Balaban J connectivity index is 3.79. The first-order valence-corrected chi connectivity index (χ1v) is 5.97. The highest BCUT2D eigenvalue weighted by atomic mass is 32.2. The van der Waals surface area contributed by atoms with Gasteiger partial charge < -0.3 is 10.6 Å². The summed E-state index contributed by atoms with van der Waals surface area (Å²) in [6.45, 7) is 2.52. The Morgan fingerprint density at radius 2 is 2.23 bits per heavy atom. The molecule has 0 aliphatic heterocycles.